The number of hydrogen-bond donors (Lipinski definition) is 0. The van der Waals surface area contributed by atoms with Crippen molar-refractivity contribution in [1.29, 1.82) is 0 Å². The number of fused-ring (bicyclic) bond motifs is 1. The molecule has 0 fully saturated rings. The van der Waals surface area contributed by atoms with Gasteiger partial charge in [-0.15, -0.1) is 47.0 Å². The Kier molecular flexibility index (Phi) is 9.15. The predicted molar refractivity (Wildman–Crippen MR) is 161 cm³/mol. The first kappa shape index (κ1) is 26.2. The largest absolute Gasteiger partial charge is 0.282 e. The van der Waals surface area contributed by atoms with Gasteiger partial charge in [-0.05, 0) is 69.8 Å². The van der Waals surface area contributed by atoms with Gasteiger partial charge >= 0.3 is 0 Å². The Balaban J connectivity index is 1.42. The first-order valence-electron chi connectivity index (χ1n) is 10.6. The highest BCUT2D eigenvalue weighted by Crippen LogP contribution is 2.57. The van der Waals surface area contributed by atoms with Crippen molar-refractivity contribution in [2.45, 2.75) is 23.0 Å². The van der Waals surface area contributed by atoms with Crippen molar-refractivity contribution in [1.82, 2.24) is 0 Å². The molecule has 2 nitrogen and oxygen atoms in total. The van der Waals surface area contributed by atoms with Crippen LogP contribution in [-0.2, 0) is 9.59 Å². The van der Waals surface area contributed by atoms with E-state index in [2.05, 4.69) is 63.4 Å². The molecule has 8 heteroatoms. The molecule has 4 rings (SSSR count). The number of thioether (sulfide) groups is 6. The van der Waals surface area contributed by atoms with Gasteiger partial charge in [0.2, 0.25) is 10.2 Å². The Morgan fingerprint density at radius 3 is 1.56 bits per heavy atom. The van der Waals surface area contributed by atoms with E-state index in [1.54, 1.807) is 0 Å². The molecule has 0 amide bonds. The summed E-state index contributed by atoms with van der Waals surface area (Å²) in [6.07, 6.45) is 2.76. The van der Waals surface area contributed by atoms with Crippen LogP contribution in [-0.4, -0.2) is 21.7 Å². The first-order valence-corrected chi connectivity index (χ1v) is 16.0. The zero-order valence-corrected chi connectivity index (χ0v) is 23.8. The molecule has 0 N–H and O–H groups in total. The maximum absolute atomic E-state index is 11.6. The second-order valence-electron chi connectivity index (χ2n) is 7.58. The van der Waals surface area contributed by atoms with Crippen molar-refractivity contribution < 1.29 is 9.59 Å². The van der Waals surface area contributed by atoms with Crippen LogP contribution in [0.2, 0.25) is 0 Å². The molecule has 176 valence electrons. The fraction of sp³-hybridized carbons (Fsp3) is 0.231. The molecular weight excluding hydrogens is 537 g/mol. The average molecular weight is 561 g/mol. The molecule has 0 saturated heterocycles. The number of allylic oxidation sites excluding steroid dienone is 2. The van der Waals surface area contributed by atoms with Gasteiger partial charge in [0.15, 0.2) is 0 Å². The third-order valence-corrected chi connectivity index (χ3v) is 13.5. The van der Waals surface area contributed by atoms with Crippen molar-refractivity contribution in [3.63, 3.8) is 0 Å². The molecule has 2 aromatic rings. The Labute approximate surface area is 226 Å². The minimum atomic E-state index is 0.0240. The van der Waals surface area contributed by atoms with Crippen LogP contribution in [0.25, 0.3) is 10.8 Å². The molecule has 2 heterocycles. The molecule has 0 saturated carbocycles. The molecule has 34 heavy (non-hydrogen) atoms. The van der Waals surface area contributed by atoms with Gasteiger partial charge in [-0.3, -0.25) is 9.59 Å². The van der Waals surface area contributed by atoms with E-state index in [9.17, 15) is 9.59 Å². The zero-order valence-electron chi connectivity index (χ0n) is 18.9. The molecule has 2 aliphatic rings. The Hall–Kier alpha value is -0.900. The summed E-state index contributed by atoms with van der Waals surface area (Å²) in [5, 5.41) is 2.54. The molecular formula is C26H24O2S6. The van der Waals surface area contributed by atoms with E-state index in [1.807, 2.05) is 47.0 Å². The Morgan fingerprint density at radius 2 is 1.18 bits per heavy atom. The summed E-state index contributed by atoms with van der Waals surface area (Å²) in [5.41, 5.74) is 2.61. The molecule has 2 unspecified atom stereocenters. The van der Waals surface area contributed by atoms with E-state index in [-0.39, 0.29) is 10.2 Å². The Morgan fingerprint density at radius 1 is 0.765 bits per heavy atom. The van der Waals surface area contributed by atoms with E-state index < -0.39 is 0 Å². The van der Waals surface area contributed by atoms with Crippen molar-refractivity contribution in [2.24, 2.45) is 0 Å². The van der Waals surface area contributed by atoms with Gasteiger partial charge in [-0.1, -0.05) is 60.9 Å². The van der Waals surface area contributed by atoms with Crippen molar-refractivity contribution >= 4 is 91.6 Å². The summed E-state index contributed by atoms with van der Waals surface area (Å²) < 4.78 is 0.647. The van der Waals surface area contributed by atoms with Crippen molar-refractivity contribution in [2.75, 3.05) is 11.5 Å². The smallest absolute Gasteiger partial charge is 0.211 e. The van der Waals surface area contributed by atoms with Gasteiger partial charge in [0.1, 0.15) is 0 Å². The van der Waals surface area contributed by atoms with Gasteiger partial charge in [-0.2, -0.15) is 0 Å². The first-order chi connectivity index (χ1) is 16.4. The molecule has 2 aromatic carbocycles. The Bertz CT molecular complexity index is 1130. The summed E-state index contributed by atoms with van der Waals surface area (Å²) >= 11 is 10.1. The molecule has 0 aliphatic carbocycles. The summed E-state index contributed by atoms with van der Waals surface area (Å²) in [6.45, 7) is 11.4. The standard InChI is InChI=1S/C26H24O2S6/c1-5-23(27)29-13-21-15(3)31-25(33-21)19-9-7-18-12-20(10-8-17(18)11-19)26-32-16(4)22(34-26)14-30-24(28)6-2/h5-12,25-26H,1-2,13-14H2,3-4H3. The van der Waals surface area contributed by atoms with Crippen LogP contribution in [0.5, 0.6) is 0 Å². The topological polar surface area (TPSA) is 34.1 Å². The fourth-order valence-corrected chi connectivity index (χ4v) is 11.3. The number of carbonyl (C=O) groups excluding carboxylic acids is 2. The molecule has 0 radical (unpaired) electrons. The van der Waals surface area contributed by atoms with Crippen LogP contribution >= 0.6 is 70.6 Å². The fourth-order valence-electron chi connectivity index (χ4n) is 3.44. The van der Waals surface area contributed by atoms with Crippen LogP contribution in [0.1, 0.15) is 34.1 Å². The third-order valence-electron chi connectivity index (χ3n) is 5.31. The zero-order chi connectivity index (χ0) is 24.2. The van der Waals surface area contributed by atoms with E-state index in [0.29, 0.717) is 20.7 Å². The third kappa shape index (κ3) is 6.26. The van der Waals surface area contributed by atoms with Crippen molar-refractivity contribution in [3.8, 4) is 0 Å². The van der Waals surface area contributed by atoms with Crippen LogP contribution in [0.4, 0.5) is 0 Å². The normalized spacial score (nSPS) is 20.3. The lowest BCUT2D eigenvalue weighted by Crippen LogP contribution is -1.91. The highest BCUT2D eigenvalue weighted by atomic mass is 32.2. The second kappa shape index (κ2) is 11.9. The second-order valence-corrected chi connectivity index (χ2v) is 15.2. The lowest BCUT2D eigenvalue weighted by atomic mass is 10.1. The van der Waals surface area contributed by atoms with E-state index in [1.165, 1.54) is 77.2 Å². The lowest BCUT2D eigenvalue weighted by molar-refractivity contribution is -0.107. The number of hydrogen-bond acceptors (Lipinski definition) is 8. The molecule has 0 bridgehead atoms. The summed E-state index contributed by atoms with van der Waals surface area (Å²) in [7, 11) is 0. The van der Waals surface area contributed by atoms with Gasteiger partial charge < -0.3 is 0 Å². The van der Waals surface area contributed by atoms with Crippen LogP contribution < -0.4 is 0 Å². The highest BCUT2D eigenvalue weighted by molar-refractivity contribution is 8.24. The van der Waals surface area contributed by atoms with Gasteiger partial charge in [0.05, 0.1) is 9.16 Å². The average Bonchev–Trinajstić information content (AvgIpc) is 3.42. The van der Waals surface area contributed by atoms with Gasteiger partial charge in [0, 0.05) is 21.3 Å². The van der Waals surface area contributed by atoms with Gasteiger partial charge in [-0.25, -0.2) is 0 Å². The molecule has 0 spiro atoms. The number of benzene rings is 2. The quantitative estimate of drug-likeness (QED) is 0.296. The molecule has 2 aliphatic heterocycles. The summed E-state index contributed by atoms with van der Waals surface area (Å²) in [5.74, 6) is 1.43. The maximum atomic E-state index is 11.6. The van der Waals surface area contributed by atoms with E-state index in [4.69, 9.17) is 0 Å². The number of rotatable bonds is 8. The summed E-state index contributed by atoms with van der Waals surface area (Å²) in [6, 6.07) is 13.5. The minimum Gasteiger partial charge on any atom is -0.282 e. The van der Waals surface area contributed by atoms with E-state index in [0.717, 1.165) is 0 Å². The highest BCUT2D eigenvalue weighted by Gasteiger charge is 2.27. The van der Waals surface area contributed by atoms with Gasteiger partial charge in [0.25, 0.3) is 0 Å². The van der Waals surface area contributed by atoms with Crippen LogP contribution in [0.3, 0.4) is 0 Å². The monoisotopic (exact) mass is 560 g/mol. The lowest BCUT2D eigenvalue weighted by Gasteiger charge is -2.13. The van der Waals surface area contributed by atoms with E-state index >= 15 is 0 Å². The van der Waals surface area contributed by atoms with Crippen LogP contribution in [0, 0.1) is 0 Å². The SMILES string of the molecule is C=CC(=O)SCC1=C(C)SC(c2ccc3cc(C4SC(C)=C(CSC(=O)C=C)S4)ccc3c2)S1. The summed E-state index contributed by atoms with van der Waals surface area (Å²) in [4.78, 5) is 28.3. The number of carbonyl (C=O) groups is 2. The van der Waals surface area contributed by atoms with Crippen molar-refractivity contribution in [3.05, 3.63) is 92.5 Å². The van der Waals surface area contributed by atoms with Crippen LogP contribution in [0.15, 0.2) is 81.3 Å². The maximum Gasteiger partial charge on any atom is 0.211 e. The predicted octanol–water partition coefficient (Wildman–Crippen LogP) is 9.15. The minimum absolute atomic E-state index is 0.0240. The molecule has 0 aromatic heterocycles. The molecule has 2 atom stereocenters.